The highest BCUT2D eigenvalue weighted by Gasteiger charge is 2.06. The van der Waals surface area contributed by atoms with Crippen LogP contribution in [0.1, 0.15) is 13.8 Å². The van der Waals surface area contributed by atoms with Crippen molar-refractivity contribution in [2.45, 2.75) is 20.0 Å². The van der Waals surface area contributed by atoms with E-state index < -0.39 is 0 Å². The third-order valence-electron chi connectivity index (χ3n) is 1.86. The molecule has 1 N–H and O–H groups in total. The van der Waals surface area contributed by atoms with Crippen molar-refractivity contribution in [1.82, 2.24) is 10.2 Å². The molecule has 0 aliphatic heterocycles. The summed E-state index contributed by atoms with van der Waals surface area (Å²) in [6.45, 7) is 4.01. The summed E-state index contributed by atoms with van der Waals surface area (Å²) < 4.78 is 6.59. The van der Waals surface area contributed by atoms with Gasteiger partial charge in [-0.05, 0) is 35.8 Å². The molecule has 1 aromatic heterocycles. The molecule has 0 spiro atoms. The van der Waals surface area contributed by atoms with E-state index >= 15 is 0 Å². The molecule has 4 heteroatoms. The van der Waals surface area contributed by atoms with Gasteiger partial charge in [0.05, 0.1) is 22.3 Å². The Labute approximate surface area is 90.6 Å². The van der Waals surface area contributed by atoms with Crippen molar-refractivity contribution in [1.29, 1.82) is 0 Å². The van der Waals surface area contributed by atoms with Crippen LogP contribution in [0, 0.1) is 0 Å². The largest absolute Gasteiger partial charge is 0.490 e. The van der Waals surface area contributed by atoms with E-state index in [4.69, 9.17) is 4.74 Å². The predicted octanol–water partition coefficient (Wildman–Crippen LogP) is 3.11. The number of fused-ring (bicyclic) bond motifs is 1. The van der Waals surface area contributed by atoms with Crippen LogP contribution in [0.2, 0.25) is 0 Å². The molecule has 0 saturated heterocycles. The lowest BCUT2D eigenvalue weighted by Gasteiger charge is -2.11. The Balaban J connectivity index is 2.48. The zero-order chi connectivity index (χ0) is 10.1. The van der Waals surface area contributed by atoms with Gasteiger partial charge in [0.25, 0.3) is 0 Å². The zero-order valence-electron chi connectivity index (χ0n) is 8.04. The molecule has 0 radical (unpaired) electrons. The van der Waals surface area contributed by atoms with Crippen molar-refractivity contribution < 1.29 is 4.74 Å². The number of nitrogens with one attached hydrogen (secondary N) is 1. The fourth-order valence-corrected chi connectivity index (χ4v) is 1.74. The third kappa shape index (κ3) is 1.75. The maximum atomic E-state index is 5.63. The molecule has 0 unspecified atom stereocenters. The Morgan fingerprint density at radius 1 is 1.43 bits per heavy atom. The lowest BCUT2D eigenvalue weighted by molar-refractivity contribution is 0.241. The van der Waals surface area contributed by atoms with Crippen LogP contribution in [0.5, 0.6) is 5.75 Å². The Morgan fingerprint density at radius 2 is 2.21 bits per heavy atom. The average molecular weight is 255 g/mol. The first kappa shape index (κ1) is 9.52. The van der Waals surface area contributed by atoms with Gasteiger partial charge in [-0.15, -0.1) is 0 Å². The molecule has 0 fully saturated rings. The number of ether oxygens (including phenoxy) is 1. The smallest absolute Gasteiger partial charge is 0.136 e. The van der Waals surface area contributed by atoms with E-state index in [1.165, 1.54) is 0 Å². The number of aromatic amines is 1. The molecule has 14 heavy (non-hydrogen) atoms. The Hall–Kier alpha value is -1.03. The van der Waals surface area contributed by atoms with Crippen LogP contribution in [0.25, 0.3) is 10.9 Å². The van der Waals surface area contributed by atoms with Gasteiger partial charge in [0.2, 0.25) is 0 Å². The number of hydrogen-bond donors (Lipinski definition) is 1. The molecule has 0 amide bonds. The summed E-state index contributed by atoms with van der Waals surface area (Å²) in [5, 5.41) is 7.95. The van der Waals surface area contributed by atoms with Crippen LogP contribution in [0.4, 0.5) is 0 Å². The van der Waals surface area contributed by atoms with Gasteiger partial charge in [0, 0.05) is 11.5 Å². The van der Waals surface area contributed by atoms with Crippen molar-refractivity contribution in [3.8, 4) is 5.75 Å². The highest BCUT2D eigenvalue weighted by Crippen LogP contribution is 2.30. The quantitative estimate of drug-likeness (QED) is 0.895. The number of benzene rings is 1. The SMILES string of the molecule is CC(C)Oc1cc2[nH]ncc2cc1Br. The molecular formula is C10H11BrN2O. The van der Waals surface area contributed by atoms with Gasteiger partial charge in [0.15, 0.2) is 0 Å². The number of hydrogen-bond acceptors (Lipinski definition) is 2. The zero-order valence-corrected chi connectivity index (χ0v) is 9.63. The van der Waals surface area contributed by atoms with Crippen LogP contribution in [0.3, 0.4) is 0 Å². The maximum Gasteiger partial charge on any atom is 0.136 e. The van der Waals surface area contributed by atoms with Gasteiger partial charge in [0.1, 0.15) is 5.75 Å². The highest BCUT2D eigenvalue weighted by atomic mass is 79.9. The number of nitrogens with zero attached hydrogens (tertiary/aromatic N) is 1. The van der Waals surface area contributed by atoms with Crippen molar-refractivity contribution in [2.75, 3.05) is 0 Å². The second-order valence-corrected chi connectivity index (χ2v) is 4.26. The molecule has 0 saturated carbocycles. The molecule has 0 bridgehead atoms. The normalized spacial score (nSPS) is 11.1. The summed E-state index contributed by atoms with van der Waals surface area (Å²) in [6, 6.07) is 3.95. The predicted molar refractivity (Wildman–Crippen MR) is 59.6 cm³/mol. The van der Waals surface area contributed by atoms with Gasteiger partial charge < -0.3 is 4.74 Å². The van der Waals surface area contributed by atoms with Gasteiger partial charge in [-0.3, -0.25) is 5.10 Å². The molecular weight excluding hydrogens is 244 g/mol. The fraction of sp³-hybridized carbons (Fsp3) is 0.300. The van der Waals surface area contributed by atoms with Crippen molar-refractivity contribution in [3.05, 3.63) is 22.8 Å². The van der Waals surface area contributed by atoms with E-state index in [0.29, 0.717) is 0 Å². The second-order valence-electron chi connectivity index (χ2n) is 3.41. The maximum absolute atomic E-state index is 5.63. The molecule has 2 rings (SSSR count). The summed E-state index contributed by atoms with van der Waals surface area (Å²) in [7, 11) is 0. The lowest BCUT2D eigenvalue weighted by Crippen LogP contribution is -2.05. The Bertz CT molecular complexity index is 450. The van der Waals surface area contributed by atoms with Crippen LogP contribution in [0.15, 0.2) is 22.8 Å². The molecule has 74 valence electrons. The minimum atomic E-state index is 0.173. The minimum Gasteiger partial charge on any atom is -0.490 e. The third-order valence-corrected chi connectivity index (χ3v) is 2.48. The topological polar surface area (TPSA) is 37.9 Å². The summed E-state index contributed by atoms with van der Waals surface area (Å²) in [5.41, 5.74) is 0.990. The van der Waals surface area contributed by atoms with Crippen LogP contribution in [-0.2, 0) is 0 Å². The first-order valence-electron chi connectivity index (χ1n) is 4.46. The minimum absolute atomic E-state index is 0.173. The van der Waals surface area contributed by atoms with Gasteiger partial charge >= 0.3 is 0 Å². The van der Waals surface area contributed by atoms with Gasteiger partial charge in [-0.2, -0.15) is 5.10 Å². The number of halogens is 1. The summed E-state index contributed by atoms with van der Waals surface area (Å²) in [4.78, 5) is 0. The fourth-order valence-electron chi connectivity index (χ4n) is 1.29. The first-order chi connectivity index (χ1) is 6.66. The molecule has 2 aromatic rings. The standard InChI is InChI=1S/C10H11BrN2O/c1-6(2)14-10-4-9-7(3-8(10)11)5-12-13-9/h3-6H,1-2H3,(H,12,13). The number of aromatic nitrogens is 2. The molecule has 1 heterocycles. The van der Waals surface area contributed by atoms with E-state index in [2.05, 4.69) is 26.1 Å². The number of rotatable bonds is 2. The summed E-state index contributed by atoms with van der Waals surface area (Å²) >= 11 is 3.46. The molecule has 0 aliphatic rings. The van der Waals surface area contributed by atoms with E-state index in [-0.39, 0.29) is 6.10 Å². The molecule has 0 atom stereocenters. The van der Waals surface area contributed by atoms with Gasteiger partial charge in [-0.1, -0.05) is 0 Å². The van der Waals surface area contributed by atoms with E-state index in [1.54, 1.807) is 6.20 Å². The highest BCUT2D eigenvalue weighted by molar-refractivity contribution is 9.10. The Kier molecular flexibility index (Phi) is 2.46. The monoisotopic (exact) mass is 254 g/mol. The lowest BCUT2D eigenvalue weighted by atomic mass is 10.2. The molecule has 0 aliphatic carbocycles. The van der Waals surface area contributed by atoms with Crippen LogP contribution < -0.4 is 4.74 Å². The Morgan fingerprint density at radius 3 is 2.93 bits per heavy atom. The van der Waals surface area contributed by atoms with Gasteiger partial charge in [-0.25, -0.2) is 0 Å². The second kappa shape index (κ2) is 3.61. The van der Waals surface area contributed by atoms with E-state index in [0.717, 1.165) is 21.1 Å². The first-order valence-corrected chi connectivity index (χ1v) is 5.25. The van der Waals surface area contributed by atoms with Crippen molar-refractivity contribution in [2.24, 2.45) is 0 Å². The van der Waals surface area contributed by atoms with E-state index in [9.17, 15) is 0 Å². The summed E-state index contributed by atoms with van der Waals surface area (Å²) in [6.07, 6.45) is 1.96. The summed E-state index contributed by atoms with van der Waals surface area (Å²) in [5.74, 6) is 0.844. The van der Waals surface area contributed by atoms with Crippen LogP contribution >= 0.6 is 15.9 Å². The molecule has 3 nitrogen and oxygen atoms in total. The van der Waals surface area contributed by atoms with E-state index in [1.807, 2.05) is 26.0 Å². The van der Waals surface area contributed by atoms with Crippen molar-refractivity contribution in [3.63, 3.8) is 0 Å². The average Bonchev–Trinajstić information content (AvgIpc) is 2.51. The van der Waals surface area contributed by atoms with Crippen LogP contribution in [-0.4, -0.2) is 16.3 Å². The van der Waals surface area contributed by atoms with Crippen molar-refractivity contribution >= 4 is 26.8 Å². The molecule has 1 aromatic carbocycles. The number of H-pyrrole nitrogens is 1.